The lowest BCUT2D eigenvalue weighted by atomic mass is 10.1. The Balaban J connectivity index is 1.76. The van der Waals surface area contributed by atoms with Crippen LogP contribution in [0.3, 0.4) is 0 Å². The molecule has 0 bridgehead atoms. The van der Waals surface area contributed by atoms with Crippen LogP contribution >= 0.6 is 0 Å². The van der Waals surface area contributed by atoms with Crippen LogP contribution in [-0.2, 0) is 11.3 Å². The molecule has 5 nitrogen and oxygen atoms in total. The van der Waals surface area contributed by atoms with Crippen molar-refractivity contribution in [3.63, 3.8) is 0 Å². The zero-order valence-electron chi connectivity index (χ0n) is 13.9. The van der Waals surface area contributed by atoms with Crippen molar-refractivity contribution in [1.82, 2.24) is 9.80 Å². The molecule has 124 valence electrons. The maximum atomic E-state index is 9.85. The molecular formula is C17H28N2O3. The predicted molar refractivity (Wildman–Crippen MR) is 87.2 cm³/mol. The molecule has 1 aromatic carbocycles. The lowest BCUT2D eigenvalue weighted by Crippen LogP contribution is -2.39. The van der Waals surface area contributed by atoms with Crippen molar-refractivity contribution in [1.29, 1.82) is 0 Å². The van der Waals surface area contributed by atoms with Crippen molar-refractivity contribution >= 4 is 0 Å². The standard InChI is InChI=1S/C17H28N2O3/c1-18(2)9-4-10-22-15-7-5-14(6-8-15)11-19(3)16-12-21-13-17(16)20/h5-8,16-17,20H,4,9-13H2,1-3H3/t16-,17-/m1/s1. The fourth-order valence-corrected chi connectivity index (χ4v) is 2.62. The fourth-order valence-electron chi connectivity index (χ4n) is 2.62. The Bertz CT molecular complexity index is 436. The number of likely N-dealkylation sites (N-methyl/N-ethyl adjacent to an activating group) is 1. The summed E-state index contributed by atoms with van der Waals surface area (Å²) in [5.41, 5.74) is 1.21. The summed E-state index contributed by atoms with van der Waals surface area (Å²) in [6, 6.07) is 8.28. The van der Waals surface area contributed by atoms with Crippen molar-refractivity contribution < 1.29 is 14.6 Å². The third kappa shape index (κ3) is 5.25. The van der Waals surface area contributed by atoms with Gasteiger partial charge >= 0.3 is 0 Å². The summed E-state index contributed by atoms with van der Waals surface area (Å²) < 4.78 is 11.0. The average Bonchev–Trinajstić information content (AvgIpc) is 2.91. The van der Waals surface area contributed by atoms with Gasteiger partial charge in [-0.25, -0.2) is 0 Å². The first-order valence-electron chi connectivity index (χ1n) is 7.89. The van der Waals surface area contributed by atoms with Crippen molar-refractivity contribution in [3.8, 4) is 5.75 Å². The van der Waals surface area contributed by atoms with Gasteiger partial charge in [0.25, 0.3) is 0 Å². The van der Waals surface area contributed by atoms with Crippen LogP contribution in [0.5, 0.6) is 5.75 Å². The van der Waals surface area contributed by atoms with Crippen molar-refractivity contribution in [2.45, 2.75) is 25.1 Å². The van der Waals surface area contributed by atoms with Gasteiger partial charge in [-0.1, -0.05) is 12.1 Å². The molecule has 0 unspecified atom stereocenters. The highest BCUT2D eigenvalue weighted by atomic mass is 16.5. The van der Waals surface area contributed by atoms with E-state index in [1.165, 1.54) is 5.56 Å². The average molecular weight is 308 g/mol. The third-order valence-corrected chi connectivity index (χ3v) is 3.96. The van der Waals surface area contributed by atoms with Crippen molar-refractivity contribution in [3.05, 3.63) is 29.8 Å². The third-order valence-electron chi connectivity index (χ3n) is 3.96. The van der Waals surface area contributed by atoms with Crippen LogP contribution in [0.25, 0.3) is 0 Å². The fraction of sp³-hybridized carbons (Fsp3) is 0.647. The molecule has 5 heteroatoms. The summed E-state index contributed by atoms with van der Waals surface area (Å²) in [4.78, 5) is 4.30. The van der Waals surface area contributed by atoms with Crippen molar-refractivity contribution in [2.24, 2.45) is 0 Å². The summed E-state index contributed by atoms with van der Waals surface area (Å²) >= 11 is 0. The minimum atomic E-state index is -0.385. The van der Waals surface area contributed by atoms with Crippen molar-refractivity contribution in [2.75, 3.05) is 47.5 Å². The van der Waals surface area contributed by atoms with E-state index in [4.69, 9.17) is 9.47 Å². The van der Waals surface area contributed by atoms with Crippen LogP contribution in [0.2, 0.25) is 0 Å². The number of hydrogen-bond donors (Lipinski definition) is 1. The molecule has 22 heavy (non-hydrogen) atoms. The molecule has 1 saturated heterocycles. The predicted octanol–water partition coefficient (Wildman–Crippen LogP) is 1.21. The van der Waals surface area contributed by atoms with Gasteiger partial charge in [-0.2, -0.15) is 0 Å². The lowest BCUT2D eigenvalue weighted by Gasteiger charge is -2.25. The number of aliphatic hydroxyl groups excluding tert-OH is 1. The monoisotopic (exact) mass is 308 g/mol. The van der Waals surface area contributed by atoms with Gasteiger partial charge in [0.15, 0.2) is 0 Å². The number of ether oxygens (including phenoxy) is 2. The van der Waals surface area contributed by atoms with E-state index in [0.29, 0.717) is 13.2 Å². The Morgan fingerprint density at radius 3 is 2.50 bits per heavy atom. The van der Waals surface area contributed by atoms with Crippen LogP contribution < -0.4 is 4.74 Å². The Hall–Kier alpha value is -1.14. The molecule has 1 fully saturated rings. The van der Waals surface area contributed by atoms with Gasteiger partial charge in [-0.3, -0.25) is 4.90 Å². The first-order chi connectivity index (χ1) is 10.6. The van der Waals surface area contributed by atoms with Crippen LogP contribution in [0.1, 0.15) is 12.0 Å². The van der Waals surface area contributed by atoms with E-state index < -0.39 is 0 Å². The zero-order valence-corrected chi connectivity index (χ0v) is 13.9. The number of hydrogen-bond acceptors (Lipinski definition) is 5. The number of aliphatic hydroxyl groups is 1. The molecule has 0 radical (unpaired) electrons. The highest BCUT2D eigenvalue weighted by Gasteiger charge is 2.29. The molecule has 1 heterocycles. The zero-order chi connectivity index (χ0) is 15.9. The molecule has 1 aliphatic heterocycles. The van der Waals surface area contributed by atoms with Gasteiger partial charge < -0.3 is 19.5 Å². The van der Waals surface area contributed by atoms with E-state index in [1.807, 2.05) is 19.2 Å². The minimum Gasteiger partial charge on any atom is -0.494 e. The summed E-state index contributed by atoms with van der Waals surface area (Å²) in [6.45, 7) is 3.61. The van der Waals surface area contributed by atoms with E-state index in [0.717, 1.165) is 31.9 Å². The first kappa shape index (κ1) is 17.2. The Labute approximate surface area is 133 Å². The summed E-state index contributed by atoms with van der Waals surface area (Å²) in [6.07, 6.45) is 0.640. The smallest absolute Gasteiger partial charge is 0.119 e. The van der Waals surface area contributed by atoms with Gasteiger partial charge in [0.2, 0.25) is 0 Å². The van der Waals surface area contributed by atoms with Gasteiger partial charge in [0.1, 0.15) is 5.75 Å². The molecular weight excluding hydrogens is 280 g/mol. The van der Waals surface area contributed by atoms with Gasteiger partial charge in [0, 0.05) is 13.1 Å². The molecule has 1 aromatic rings. The normalized spacial score (nSPS) is 21.7. The van der Waals surface area contributed by atoms with E-state index >= 15 is 0 Å². The van der Waals surface area contributed by atoms with Gasteiger partial charge in [-0.05, 0) is 45.3 Å². The summed E-state index contributed by atoms with van der Waals surface area (Å²) in [7, 11) is 6.16. The largest absolute Gasteiger partial charge is 0.494 e. The van der Waals surface area contributed by atoms with E-state index in [1.54, 1.807) is 0 Å². The maximum absolute atomic E-state index is 9.85. The SMILES string of the molecule is CN(C)CCCOc1ccc(CN(C)[C@@H]2COC[C@H]2O)cc1. The molecule has 0 saturated carbocycles. The Kier molecular flexibility index (Phi) is 6.64. The second-order valence-corrected chi connectivity index (χ2v) is 6.24. The molecule has 0 amide bonds. The highest BCUT2D eigenvalue weighted by molar-refractivity contribution is 5.27. The number of nitrogens with zero attached hydrogens (tertiary/aromatic N) is 2. The highest BCUT2D eigenvalue weighted by Crippen LogP contribution is 2.17. The molecule has 0 spiro atoms. The molecule has 1 N–H and O–H groups in total. The molecule has 0 aromatic heterocycles. The number of benzene rings is 1. The van der Waals surface area contributed by atoms with Crippen LogP contribution in [-0.4, -0.2) is 74.6 Å². The van der Waals surface area contributed by atoms with Crippen LogP contribution in [0, 0.1) is 0 Å². The topological polar surface area (TPSA) is 45.2 Å². The van der Waals surface area contributed by atoms with E-state index in [-0.39, 0.29) is 12.1 Å². The quantitative estimate of drug-likeness (QED) is 0.731. The minimum absolute atomic E-state index is 0.0851. The Morgan fingerprint density at radius 2 is 1.91 bits per heavy atom. The molecule has 2 atom stereocenters. The molecule has 1 aliphatic rings. The maximum Gasteiger partial charge on any atom is 0.119 e. The van der Waals surface area contributed by atoms with Gasteiger partial charge in [0.05, 0.1) is 32.0 Å². The molecule has 0 aliphatic carbocycles. The lowest BCUT2D eigenvalue weighted by molar-refractivity contribution is 0.0925. The second kappa shape index (κ2) is 8.48. The Morgan fingerprint density at radius 1 is 1.18 bits per heavy atom. The van der Waals surface area contributed by atoms with E-state index in [9.17, 15) is 5.11 Å². The number of rotatable bonds is 8. The summed E-state index contributed by atoms with van der Waals surface area (Å²) in [5, 5.41) is 9.85. The molecule has 2 rings (SSSR count). The van der Waals surface area contributed by atoms with Gasteiger partial charge in [-0.15, -0.1) is 0 Å². The van der Waals surface area contributed by atoms with Crippen LogP contribution in [0.4, 0.5) is 0 Å². The van der Waals surface area contributed by atoms with Crippen LogP contribution in [0.15, 0.2) is 24.3 Å². The summed E-state index contributed by atoms with van der Waals surface area (Å²) in [5.74, 6) is 0.911. The second-order valence-electron chi connectivity index (χ2n) is 6.24. The van der Waals surface area contributed by atoms with E-state index in [2.05, 4.69) is 36.0 Å². The first-order valence-corrected chi connectivity index (χ1v) is 7.89.